The van der Waals surface area contributed by atoms with E-state index in [4.69, 9.17) is 0 Å². The van der Waals surface area contributed by atoms with Gasteiger partial charge in [0.2, 0.25) is 0 Å². The topological polar surface area (TPSA) is 74.5 Å². The molecule has 5 heteroatoms. The van der Waals surface area contributed by atoms with Gasteiger partial charge < -0.3 is 4.74 Å². The van der Waals surface area contributed by atoms with Crippen LogP contribution in [-0.2, 0) is 14.3 Å². The van der Waals surface area contributed by atoms with Crippen LogP contribution in [0.15, 0.2) is 0 Å². The number of carbonyl (C=O) groups is 3. The van der Waals surface area contributed by atoms with Gasteiger partial charge in [-0.2, -0.15) is 0 Å². The summed E-state index contributed by atoms with van der Waals surface area (Å²) < 4.78 is 3.68. The van der Waals surface area contributed by atoms with Crippen molar-refractivity contribution < 1.29 is 19.1 Å². The van der Waals surface area contributed by atoms with Gasteiger partial charge in [0.25, 0.3) is 0 Å². The molecule has 0 aromatic carbocycles. The van der Waals surface area contributed by atoms with Crippen LogP contribution in [0.25, 0.3) is 0 Å². The second-order valence-corrected chi connectivity index (χ2v) is 1.07. The number of nitrogens with zero attached hydrogens (tertiary/aromatic N) is 1. The summed E-state index contributed by atoms with van der Waals surface area (Å²) in [5.41, 5.74) is 0. The first kappa shape index (κ1) is 4.76. The first-order valence-electron chi connectivity index (χ1n) is 1.72. The van der Waals surface area contributed by atoms with E-state index in [1.807, 2.05) is 0 Å². The van der Waals surface area contributed by atoms with Gasteiger partial charge in [0.1, 0.15) is 0 Å². The third kappa shape index (κ3) is 0.534. The van der Waals surface area contributed by atoms with Crippen LogP contribution in [0.1, 0.15) is 0 Å². The molecule has 0 N–H and O–H groups in total. The number of amides is 2. The molecule has 5 nitrogen and oxygen atoms in total. The van der Waals surface area contributed by atoms with E-state index in [0.717, 1.165) is 0 Å². The average molecular weight is 114 g/mol. The molecule has 0 spiro atoms. The van der Waals surface area contributed by atoms with Crippen LogP contribution in [0.2, 0.25) is 0 Å². The molecule has 1 aliphatic rings. The number of imide groups is 1. The minimum absolute atomic E-state index is 1.12. The first-order chi connectivity index (χ1) is 3.70. The van der Waals surface area contributed by atoms with Gasteiger partial charge in [0.05, 0.1) is 0 Å². The highest BCUT2D eigenvalue weighted by Gasteiger charge is 2.32. The fourth-order valence-corrected chi connectivity index (χ4v) is 0.274. The molecule has 41 valence electrons. The standard InChI is InChI=1S/C3NO4/c5-1-2(6)8-3(7)4-1. The van der Waals surface area contributed by atoms with Crippen molar-refractivity contribution in [3.63, 3.8) is 0 Å². The largest absolute Gasteiger partial charge is 0.445 e. The smallest absolute Gasteiger partial charge is 0.367 e. The minimum Gasteiger partial charge on any atom is -0.367 e. The van der Waals surface area contributed by atoms with Crippen LogP contribution in [0, 0.1) is 0 Å². The first-order valence-corrected chi connectivity index (χ1v) is 1.72. The molecule has 0 atom stereocenters. The van der Waals surface area contributed by atoms with Crippen LogP contribution in [0.5, 0.6) is 0 Å². The molecule has 1 radical (unpaired) electrons. The van der Waals surface area contributed by atoms with Gasteiger partial charge in [0.15, 0.2) is 0 Å². The number of hydrogen-bond acceptors (Lipinski definition) is 4. The predicted molar refractivity (Wildman–Crippen MR) is 18.6 cm³/mol. The lowest BCUT2D eigenvalue weighted by Crippen LogP contribution is -2.12. The number of carbonyl (C=O) groups excluding carboxylic acids is 3. The van der Waals surface area contributed by atoms with Crippen LogP contribution in [0.3, 0.4) is 0 Å². The number of cyclic esters (lactones) is 2. The molecule has 1 fully saturated rings. The molecular weight excluding hydrogens is 114 g/mol. The molecule has 1 aliphatic heterocycles. The second kappa shape index (κ2) is 1.29. The van der Waals surface area contributed by atoms with Gasteiger partial charge >= 0.3 is 18.0 Å². The number of hydrogen-bond donors (Lipinski definition) is 0. The van der Waals surface area contributed by atoms with Crippen molar-refractivity contribution >= 4 is 18.0 Å². The monoisotopic (exact) mass is 114 g/mol. The lowest BCUT2D eigenvalue weighted by atomic mass is 10.7. The fraction of sp³-hybridized carbons (Fsp3) is 0. The predicted octanol–water partition coefficient (Wildman–Crippen LogP) is -1.21. The summed E-state index contributed by atoms with van der Waals surface area (Å²) in [4.78, 5) is 29.7. The summed E-state index contributed by atoms with van der Waals surface area (Å²) >= 11 is 0. The van der Waals surface area contributed by atoms with Gasteiger partial charge in [-0.25, -0.2) is 9.59 Å². The molecule has 0 bridgehead atoms. The molecule has 0 aromatic heterocycles. The summed E-state index contributed by atoms with van der Waals surface area (Å²) in [7, 11) is 0. The van der Waals surface area contributed by atoms with Crippen molar-refractivity contribution in [2.24, 2.45) is 0 Å². The average Bonchev–Trinajstić information content (AvgIpc) is 1.85. The van der Waals surface area contributed by atoms with E-state index >= 15 is 0 Å². The van der Waals surface area contributed by atoms with Crippen LogP contribution < -0.4 is 5.32 Å². The lowest BCUT2D eigenvalue weighted by Gasteiger charge is -1.74. The number of esters is 1. The Bertz CT molecular complexity index is 154. The molecule has 0 aliphatic carbocycles. The van der Waals surface area contributed by atoms with Crippen LogP contribution in [-0.4, -0.2) is 18.0 Å². The Balaban J connectivity index is 2.79. The third-order valence-corrected chi connectivity index (χ3v) is 0.547. The Morgan fingerprint density at radius 3 is 2.00 bits per heavy atom. The van der Waals surface area contributed by atoms with E-state index < -0.39 is 18.0 Å². The maximum Gasteiger partial charge on any atom is 0.445 e. The molecule has 2 amide bonds. The van der Waals surface area contributed by atoms with E-state index in [1.54, 1.807) is 0 Å². The third-order valence-electron chi connectivity index (χ3n) is 0.547. The Kier molecular flexibility index (Phi) is 0.768. The fourth-order valence-electron chi connectivity index (χ4n) is 0.274. The summed E-state index contributed by atoms with van der Waals surface area (Å²) in [5.74, 6) is -2.33. The molecule has 0 saturated carbocycles. The van der Waals surface area contributed by atoms with Gasteiger partial charge in [-0.3, -0.25) is 4.79 Å². The quantitative estimate of drug-likeness (QED) is 0.225. The van der Waals surface area contributed by atoms with Crippen molar-refractivity contribution in [2.45, 2.75) is 0 Å². The SMILES string of the molecule is O=C1[N]C(=O)C(=O)O1. The van der Waals surface area contributed by atoms with Gasteiger partial charge in [-0.15, -0.1) is 5.32 Å². The van der Waals surface area contributed by atoms with Gasteiger partial charge in [0, 0.05) is 0 Å². The molecule has 8 heavy (non-hydrogen) atoms. The maximum atomic E-state index is 9.92. The summed E-state index contributed by atoms with van der Waals surface area (Å²) in [5, 5.41) is 2.62. The Labute approximate surface area is 43.6 Å². The van der Waals surface area contributed by atoms with E-state index in [0.29, 0.717) is 0 Å². The highest BCUT2D eigenvalue weighted by atomic mass is 16.6. The molecule has 1 saturated heterocycles. The normalized spacial score (nSPS) is 18.2. The second-order valence-electron chi connectivity index (χ2n) is 1.07. The van der Waals surface area contributed by atoms with Crippen molar-refractivity contribution in [1.82, 2.24) is 5.32 Å². The summed E-state index contributed by atoms with van der Waals surface area (Å²) in [6.07, 6.45) is -1.12. The highest BCUT2D eigenvalue weighted by Crippen LogP contribution is 1.91. The number of rotatable bonds is 0. The molecule has 0 aromatic rings. The molecular formula is C3NO4. The summed E-state index contributed by atoms with van der Waals surface area (Å²) in [6, 6.07) is 0. The van der Waals surface area contributed by atoms with Crippen LogP contribution in [0.4, 0.5) is 4.79 Å². The zero-order valence-corrected chi connectivity index (χ0v) is 3.58. The van der Waals surface area contributed by atoms with Crippen molar-refractivity contribution in [3.8, 4) is 0 Å². The molecule has 1 heterocycles. The molecule has 1 rings (SSSR count). The minimum atomic E-state index is -1.20. The lowest BCUT2D eigenvalue weighted by molar-refractivity contribution is -0.145. The Morgan fingerprint density at radius 1 is 1.25 bits per heavy atom. The van der Waals surface area contributed by atoms with E-state index in [2.05, 4.69) is 10.1 Å². The van der Waals surface area contributed by atoms with Crippen molar-refractivity contribution in [1.29, 1.82) is 0 Å². The highest BCUT2D eigenvalue weighted by molar-refractivity contribution is 6.40. The van der Waals surface area contributed by atoms with E-state index in [9.17, 15) is 14.4 Å². The zero-order valence-electron chi connectivity index (χ0n) is 3.58. The number of ether oxygens (including phenoxy) is 1. The van der Waals surface area contributed by atoms with Crippen LogP contribution >= 0.6 is 0 Å². The maximum absolute atomic E-state index is 9.92. The molecule has 0 unspecified atom stereocenters. The Morgan fingerprint density at radius 2 is 1.88 bits per heavy atom. The summed E-state index contributed by atoms with van der Waals surface area (Å²) in [6.45, 7) is 0. The van der Waals surface area contributed by atoms with Gasteiger partial charge in [-0.1, -0.05) is 0 Å². The van der Waals surface area contributed by atoms with Crippen molar-refractivity contribution in [3.05, 3.63) is 0 Å². The van der Waals surface area contributed by atoms with E-state index in [-0.39, 0.29) is 0 Å². The Hall–Kier alpha value is -1.39. The van der Waals surface area contributed by atoms with E-state index in [1.165, 1.54) is 0 Å². The van der Waals surface area contributed by atoms with Gasteiger partial charge in [-0.05, 0) is 0 Å². The zero-order chi connectivity index (χ0) is 6.15. The van der Waals surface area contributed by atoms with Crippen molar-refractivity contribution in [2.75, 3.05) is 0 Å².